The maximum atomic E-state index is 11.5. The summed E-state index contributed by atoms with van der Waals surface area (Å²) >= 11 is 0. The van der Waals surface area contributed by atoms with Gasteiger partial charge in [-0.1, -0.05) is 27.2 Å². The van der Waals surface area contributed by atoms with Gasteiger partial charge in [0.25, 0.3) is 0 Å². The molecular weight excluding hydrogens is 214 g/mol. The summed E-state index contributed by atoms with van der Waals surface area (Å²) in [6.45, 7) is 8.25. The fourth-order valence-corrected chi connectivity index (χ4v) is 3.07. The van der Waals surface area contributed by atoms with Gasteiger partial charge in [0.1, 0.15) is 0 Å². The van der Waals surface area contributed by atoms with Crippen LogP contribution in [-0.2, 0) is 4.79 Å². The van der Waals surface area contributed by atoms with Crippen molar-refractivity contribution in [3.8, 4) is 0 Å². The third kappa shape index (κ3) is 3.21. The van der Waals surface area contributed by atoms with Crippen LogP contribution >= 0.6 is 0 Å². The quantitative estimate of drug-likeness (QED) is 0.776. The molecule has 0 aromatic rings. The minimum atomic E-state index is -0.601. The second kappa shape index (κ2) is 6.39. The maximum absolute atomic E-state index is 11.5. The molecule has 2 unspecified atom stereocenters. The molecule has 1 saturated heterocycles. The number of carboxylic acids is 1. The smallest absolute Gasteiger partial charge is 0.310 e. The summed E-state index contributed by atoms with van der Waals surface area (Å²) in [7, 11) is 0. The summed E-state index contributed by atoms with van der Waals surface area (Å²) in [5, 5.41) is 9.46. The van der Waals surface area contributed by atoms with Crippen molar-refractivity contribution in [3.63, 3.8) is 0 Å². The SMILES string of the molecule is CCCC(CC)N1CCCC(CC)(C(=O)O)C1. The molecule has 0 radical (unpaired) electrons. The molecule has 100 valence electrons. The minimum absolute atomic E-state index is 0.487. The molecule has 0 amide bonds. The van der Waals surface area contributed by atoms with Crippen molar-refractivity contribution < 1.29 is 9.90 Å². The first-order valence-corrected chi connectivity index (χ1v) is 7.07. The number of carboxylic acid groups (broad SMARTS) is 1. The van der Waals surface area contributed by atoms with Gasteiger partial charge >= 0.3 is 5.97 Å². The van der Waals surface area contributed by atoms with E-state index in [4.69, 9.17) is 0 Å². The van der Waals surface area contributed by atoms with Gasteiger partial charge in [0.15, 0.2) is 0 Å². The van der Waals surface area contributed by atoms with Crippen molar-refractivity contribution >= 4 is 5.97 Å². The Morgan fingerprint density at radius 3 is 2.59 bits per heavy atom. The third-order valence-electron chi connectivity index (χ3n) is 4.35. The predicted octanol–water partition coefficient (Wildman–Crippen LogP) is 3.14. The third-order valence-corrected chi connectivity index (χ3v) is 4.35. The molecule has 1 heterocycles. The minimum Gasteiger partial charge on any atom is -0.481 e. The molecule has 3 heteroatoms. The summed E-state index contributed by atoms with van der Waals surface area (Å²) < 4.78 is 0. The molecule has 0 aromatic heterocycles. The van der Waals surface area contributed by atoms with Crippen molar-refractivity contribution in [3.05, 3.63) is 0 Å². The summed E-state index contributed by atoms with van der Waals surface area (Å²) in [5.41, 5.74) is -0.487. The van der Waals surface area contributed by atoms with Gasteiger partial charge in [-0.05, 0) is 38.6 Å². The van der Waals surface area contributed by atoms with Gasteiger partial charge in [0.2, 0.25) is 0 Å². The standard InChI is InChI=1S/C14H27NO2/c1-4-8-12(5-2)15-10-7-9-14(6-3,11-15)13(16)17/h12H,4-11H2,1-3H3,(H,16,17). The van der Waals surface area contributed by atoms with Crippen molar-refractivity contribution in [2.75, 3.05) is 13.1 Å². The highest BCUT2D eigenvalue weighted by atomic mass is 16.4. The number of carbonyl (C=O) groups is 1. The highest BCUT2D eigenvalue weighted by Crippen LogP contribution is 2.35. The van der Waals surface area contributed by atoms with E-state index in [1.807, 2.05) is 6.92 Å². The first-order chi connectivity index (χ1) is 8.09. The van der Waals surface area contributed by atoms with Crippen LogP contribution in [0.15, 0.2) is 0 Å². The lowest BCUT2D eigenvalue weighted by molar-refractivity contribution is -0.153. The number of aliphatic carboxylic acids is 1. The lowest BCUT2D eigenvalue weighted by atomic mass is 9.77. The van der Waals surface area contributed by atoms with Crippen LogP contribution in [0, 0.1) is 5.41 Å². The zero-order valence-corrected chi connectivity index (χ0v) is 11.5. The Morgan fingerprint density at radius 2 is 2.12 bits per heavy atom. The Kier molecular flexibility index (Phi) is 5.44. The van der Waals surface area contributed by atoms with Gasteiger partial charge in [-0.15, -0.1) is 0 Å². The molecule has 1 aliphatic heterocycles. The number of nitrogens with zero attached hydrogens (tertiary/aromatic N) is 1. The summed E-state index contributed by atoms with van der Waals surface area (Å²) in [5.74, 6) is -0.601. The number of hydrogen-bond donors (Lipinski definition) is 1. The van der Waals surface area contributed by atoms with Gasteiger partial charge in [-0.25, -0.2) is 0 Å². The van der Waals surface area contributed by atoms with Crippen LogP contribution in [0.3, 0.4) is 0 Å². The second-order valence-electron chi connectivity index (χ2n) is 5.36. The molecule has 0 aromatic carbocycles. The van der Waals surface area contributed by atoms with E-state index < -0.39 is 11.4 Å². The summed E-state index contributed by atoms with van der Waals surface area (Å²) in [6.07, 6.45) is 6.13. The van der Waals surface area contributed by atoms with Crippen molar-refractivity contribution in [2.45, 2.75) is 65.3 Å². The van der Waals surface area contributed by atoms with E-state index in [2.05, 4.69) is 18.7 Å². The molecule has 1 aliphatic rings. The molecule has 0 saturated carbocycles. The number of likely N-dealkylation sites (tertiary alicyclic amines) is 1. The van der Waals surface area contributed by atoms with Crippen LogP contribution in [0.4, 0.5) is 0 Å². The van der Waals surface area contributed by atoms with E-state index in [-0.39, 0.29) is 0 Å². The predicted molar refractivity (Wildman–Crippen MR) is 70.2 cm³/mol. The Hall–Kier alpha value is -0.570. The van der Waals surface area contributed by atoms with Crippen LogP contribution < -0.4 is 0 Å². The van der Waals surface area contributed by atoms with Gasteiger partial charge in [0, 0.05) is 12.6 Å². The Labute approximate surface area is 105 Å². The summed E-state index contributed by atoms with van der Waals surface area (Å²) in [6, 6.07) is 0.575. The van der Waals surface area contributed by atoms with Crippen LogP contribution in [0.25, 0.3) is 0 Å². The highest BCUT2D eigenvalue weighted by Gasteiger charge is 2.41. The first kappa shape index (κ1) is 14.5. The average Bonchev–Trinajstić information content (AvgIpc) is 2.35. The monoisotopic (exact) mass is 241 g/mol. The van der Waals surface area contributed by atoms with E-state index in [1.54, 1.807) is 0 Å². The molecule has 3 nitrogen and oxygen atoms in total. The van der Waals surface area contributed by atoms with Crippen LogP contribution in [-0.4, -0.2) is 35.1 Å². The molecule has 1 fully saturated rings. The summed E-state index contributed by atoms with van der Waals surface area (Å²) in [4.78, 5) is 13.9. The lowest BCUT2D eigenvalue weighted by Gasteiger charge is -2.43. The molecule has 2 atom stereocenters. The molecule has 17 heavy (non-hydrogen) atoms. The first-order valence-electron chi connectivity index (χ1n) is 7.07. The van der Waals surface area contributed by atoms with Gasteiger partial charge in [-0.2, -0.15) is 0 Å². The fraction of sp³-hybridized carbons (Fsp3) is 0.929. The van der Waals surface area contributed by atoms with E-state index >= 15 is 0 Å². The Balaban J connectivity index is 2.73. The molecular formula is C14H27NO2. The lowest BCUT2D eigenvalue weighted by Crippen LogP contribution is -2.51. The van der Waals surface area contributed by atoms with E-state index in [9.17, 15) is 9.90 Å². The number of rotatable bonds is 6. The molecule has 0 spiro atoms. The van der Waals surface area contributed by atoms with Crippen molar-refractivity contribution in [2.24, 2.45) is 5.41 Å². The van der Waals surface area contributed by atoms with Crippen molar-refractivity contribution in [1.82, 2.24) is 4.90 Å². The topological polar surface area (TPSA) is 40.5 Å². The van der Waals surface area contributed by atoms with Crippen LogP contribution in [0.1, 0.15) is 59.3 Å². The van der Waals surface area contributed by atoms with Crippen molar-refractivity contribution in [1.29, 1.82) is 0 Å². The van der Waals surface area contributed by atoms with E-state index in [0.29, 0.717) is 6.04 Å². The fourth-order valence-electron chi connectivity index (χ4n) is 3.07. The zero-order valence-electron chi connectivity index (χ0n) is 11.5. The van der Waals surface area contributed by atoms with Gasteiger partial charge in [0.05, 0.1) is 5.41 Å². The molecule has 0 aliphatic carbocycles. The normalized spacial score (nSPS) is 27.9. The van der Waals surface area contributed by atoms with E-state index in [0.717, 1.165) is 38.8 Å². The zero-order chi connectivity index (χ0) is 12.9. The molecule has 1 rings (SSSR count). The van der Waals surface area contributed by atoms with Gasteiger partial charge < -0.3 is 5.11 Å². The van der Waals surface area contributed by atoms with E-state index in [1.165, 1.54) is 12.8 Å². The maximum Gasteiger partial charge on any atom is 0.310 e. The Morgan fingerprint density at radius 1 is 1.41 bits per heavy atom. The molecule has 1 N–H and O–H groups in total. The van der Waals surface area contributed by atoms with Gasteiger partial charge in [-0.3, -0.25) is 9.69 Å². The number of hydrogen-bond acceptors (Lipinski definition) is 2. The Bertz CT molecular complexity index is 255. The molecule has 0 bridgehead atoms. The number of piperidine rings is 1. The second-order valence-corrected chi connectivity index (χ2v) is 5.36. The van der Waals surface area contributed by atoms with Crippen LogP contribution in [0.5, 0.6) is 0 Å². The largest absolute Gasteiger partial charge is 0.481 e. The highest BCUT2D eigenvalue weighted by molar-refractivity contribution is 5.75. The van der Waals surface area contributed by atoms with Crippen LogP contribution in [0.2, 0.25) is 0 Å². The average molecular weight is 241 g/mol.